The molecular formula is C16H16O4. The highest BCUT2D eigenvalue weighted by atomic mass is 16.4. The van der Waals surface area contributed by atoms with Gasteiger partial charge >= 0.3 is 5.97 Å². The van der Waals surface area contributed by atoms with Crippen molar-refractivity contribution in [1.29, 1.82) is 0 Å². The summed E-state index contributed by atoms with van der Waals surface area (Å²) in [6.07, 6.45) is -3.07. The predicted octanol–water partition coefficient (Wildman–Crippen LogP) is 2.22. The molecule has 2 unspecified atom stereocenters. The molecule has 2 atom stereocenters. The van der Waals surface area contributed by atoms with Crippen LogP contribution in [0.3, 0.4) is 0 Å². The zero-order chi connectivity index (χ0) is 14.5. The quantitative estimate of drug-likeness (QED) is 0.780. The highest BCUT2D eigenvalue weighted by Crippen LogP contribution is 2.30. The molecule has 104 valence electrons. The number of hydrogen-bond acceptors (Lipinski definition) is 3. The summed E-state index contributed by atoms with van der Waals surface area (Å²) in [6.45, 7) is 0. The second-order valence-corrected chi connectivity index (χ2v) is 4.56. The van der Waals surface area contributed by atoms with Gasteiger partial charge in [-0.25, -0.2) is 0 Å². The van der Waals surface area contributed by atoms with Crippen molar-refractivity contribution in [2.24, 2.45) is 0 Å². The van der Waals surface area contributed by atoms with Gasteiger partial charge in [0.15, 0.2) is 0 Å². The van der Waals surface area contributed by atoms with Crippen LogP contribution in [0.5, 0.6) is 0 Å². The minimum atomic E-state index is -1.34. The molecule has 0 saturated carbocycles. The van der Waals surface area contributed by atoms with Gasteiger partial charge in [0, 0.05) is 0 Å². The fourth-order valence-electron chi connectivity index (χ4n) is 2.13. The van der Waals surface area contributed by atoms with E-state index in [0.29, 0.717) is 5.56 Å². The summed E-state index contributed by atoms with van der Waals surface area (Å²) in [6, 6.07) is 16.6. The Morgan fingerprint density at radius 2 is 1.55 bits per heavy atom. The van der Waals surface area contributed by atoms with Gasteiger partial charge in [0.25, 0.3) is 0 Å². The van der Waals surface area contributed by atoms with E-state index in [9.17, 15) is 15.0 Å². The number of hydrogen-bond donors (Lipinski definition) is 3. The monoisotopic (exact) mass is 272 g/mol. The molecule has 0 aliphatic carbocycles. The normalized spacial score (nSPS) is 13.7. The molecule has 0 heterocycles. The second kappa shape index (κ2) is 6.32. The van der Waals surface area contributed by atoms with Crippen LogP contribution in [-0.4, -0.2) is 27.4 Å². The van der Waals surface area contributed by atoms with Crippen molar-refractivity contribution in [2.45, 2.75) is 18.6 Å². The topological polar surface area (TPSA) is 77.8 Å². The lowest BCUT2D eigenvalue weighted by Gasteiger charge is -2.19. The van der Waals surface area contributed by atoms with Crippen molar-refractivity contribution < 1.29 is 20.1 Å². The molecule has 0 aliphatic rings. The molecular weight excluding hydrogens is 256 g/mol. The number of carbonyl (C=O) groups is 1. The molecule has 20 heavy (non-hydrogen) atoms. The van der Waals surface area contributed by atoms with Gasteiger partial charge in [0.1, 0.15) is 6.10 Å². The molecule has 0 bridgehead atoms. The Hall–Kier alpha value is -2.17. The van der Waals surface area contributed by atoms with E-state index in [-0.39, 0.29) is 0 Å². The Morgan fingerprint density at radius 3 is 2.20 bits per heavy atom. The lowest BCUT2D eigenvalue weighted by Crippen LogP contribution is -2.22. The van der Waals surface area contributed by atoms with Crippen molar-refractivity contribution in [3.8, 4) is 11.1 Å². The van der Waals surface area contributed by atoms with Crippen LogP contribution < -0.4 is 0 Å². The average molecular weight is 272 g/mol. The van der Waals surface area contributed by atoms with Crippen LogP contribution in [0.15, 0.2) is 54.6 Å². The van der Waals surface area contributed by atoms with E-state index in [1.165, 1.54) is 0 Å². The average Bonchev–Trinajstić information content (AvgIpc) is 2.46. The van der Waals surface area contributed by atoms with E-state index in [1.54, 1.807) is 12.1 Å². The number of aliphatic hydroxyl groups excluding tert-OH is 2. The van der Waals surface area contributed by atoms with Crippen molar-refractivity contribution in [3.63, 3.8) is 0 Å². The van der Waals surface area contributed by atoms with Gasteiger partial charge in [0.2, 0.25) is 0 Å². The smallest absolute Gasteiger partial charge is 0.306 e. The van der Waals surface area contributed by atoms with Gasteiger partial charge < -0.3 is 15.3 Å². The molecule has 4 nitrogen and oxygen atoms in total. The molecule has 0 aliphatic heterocycles. The molecule has 0 aromatic heterocycles. The van der Waals surface area contributed by atoms with Crippen LogP contribution >= 0.6 is 0 Å². The van der Waals surface area contributed by atoms with Crippen LogP contribution in [0.4, 0.5) is 0 Å². The summed E-state index contributed by atoms with van der Waals surface area (Å²) >= 11 is 0. The Bertz CT molecular complexity index is 580. The van der Waals surface area contributed by atoms with Gasteiger partial charge in [-0.3, -0.25) is 4.79 Å². The second-order valence-electron chi connectivity index (χ2n) is 4.56. The Balaban J connectivity index is 2.35. The number of rotatable bonds is 5. The molecule has 0 spiro atoms. The maximum Gasteiger partial charge on any atom is 0.306 e. The van der Waals surface area contributed by atoms with Gasteiger partial charge in [-0.05, 0) is 16.7 Å². The summed E-state index contributed by atoms with van der Waals surface area (Å²) in [4.78, 5) is 10.6. The lowest BCUT2D eigenvalue weighted by atomic mass is 9.93. The SMILES string of the molecule is O=C(O)CC(O)C(O)c1ccccc1-c1ccccc1. The van der Waals surface area contributed by atoms with Crippen molar-refractivity contribution in [2.75, 3.05) is 0 Å². The highest BCUT2D eigenvalue weighted by Gasteiger charge is 2.23. The summed E-state index contributed by atoms with van der Waals surface area (Å²) in [5.74, 6) is -1.14. The number of aliphatic hydroxyl groups is 2. The standard InChI is InChI=1S/C16H16O4/c17-14(10-15(18)19)16(20)13-9-5-4-8-12(13)11-6-2-1-3-7-11/h1-9,14,16-17,20H,10H2,(H,18,19). The molecule has 0 saturated heterocycles. The zero-order valence-corrected chi connectivity index (χ0v) is 10.8. The minimum Gasteiger partial charge on any atom is -0.481 e. The molecule has 0 radical (unpaired) electrons. The molecule has 2 aromatic rings. The maximum atomic E-state index is 10.6. The van der Waals surface area contributed by atoms with Crippen LogP contribution in [0.25, 0.3) is 11.1 Å². The number of carboxylic acid groups (broad SMARTS) is 1. The summed E-state index contributed by atoms with van der Waals surface area (Å²) < 4.78 is 0. The highest BCUT2D eigenvalue weighted by molar-refractivity contribution is 5.69. The number of aliphatic carboxylic acids is 1. The van der Waals surface area contributed by atoms with Crippen LogP contribution in [-0.2, 0) is 4.79 Å². The van der Waals surface area contributed by atoms with Crippen molar-refractivity contribution in [1.82, 2.24) is 0 Å². The lowest BCUT2D eigenvalue weighted by molar-refractivity contribution is -0.141. The van der Waals surface area contributed by atoms with E-state index in [0.717, 1.165) is 11.1 Å². The van der Waals surface area contributed by atoms with Crippen molar-refractivity contribution >= 4 is 5.97 Å². The third-order valence-electron chi connectivity index (χ3n) is 3.11. The van der Waals surface area contributed by atoms with E-state index >= 15 is 0 Å². The minimum absolute atomic E-state index is 0.496. The van der Waals surface area contributed by atoms with E-state index in [1.807, 2.05) is 42.5 Å². The molecule has 2 rings (SSSR count). The Kier molecular flexibility index (Phi) is 4.50. The summed E-state index contributed by atoms with van der Waals surface area (Å²) in [5, 5.41) is 28.6. The fourth-order valence-corrected chi connectivity index (χ4v) is 2.13. The molecule has 0 fully saturated rings. The first-order valence-electron chi connectivity index (χ1n) is 6.32. The van der Waals surface area contributed by atoms with Gasteiger partial charge in [0.05, 0.1) is 12.5 Å². The number of benzene rings is 2. The third-order valence-corrected chi connectivity index (χ3v) is 3.11. The van der Waals surface area contributed by atoms with Gasteiger partial charge in [-0.1, -0.05) is 54.6 Å². The molecule has 0 amide bonds. The van der Waals surface area contributed by atoms with Gasteiger partial charge in [-0.2, -0.15) is 0 Å². The first-order chi connectivity index (χ1) is 9.59. The summed E-state index contributed by atoms with van der Waals surface area (Å²) in [7, 11) is 0. The zero-order valence-electron chi connectivity index (χ0n) is 10.8. The molecule has 4 heteroatoms. The van der Waals surface area contributed by atoms with E-state index in [2.05, 4.69) is 0 Å². The van der Waals surface area contributed by atoms with Crippen LogP contribution in [0, 0.1) is 0 Å². The maximum absolute atomic E-state index is 10.6. The molecule has 2 aromatic carbocycles. The third kappa shape index (κ3) is 3.23. The summed E-state index contributed by atoms with van der Waals surface area (Å²) in [5.41, 5.74) is 2.21. The predicted molar refractivity (Wildman–Crippen MR) is 75.1 cm³/mol. The first kappa shape index (κ1) is 14.2. The van der Waals surface area contributed by atoms with Gasteiger partial charge in [-0.15, -0.1) is 0 Å². The Morgan fingerprint density at radius 1 is 0.950 bits per heavy atom. The Labute approximate surface area is 116 Å². The van der Waals surface area contributed by atoms with E-state index < -0.39 is 24.6 Å². The largest absolute Gasteiger partial charge is 0.481 e. The van der Waals surface area contributed by atoms with Crippen LogP contribution in [0.1, 0.15) is 18.1 Å². The fraction of sp³-hybridized carbons (Fsp3) is 0.188. The van der Waals surface area contributed by atoms with Crippen LogP contribution in [0.2, 0.25) is 0 Å². The first-order valence-corrected chi connectivity index (χ1v) is 6.32. The van der Waals surface area contributed by atoms with E-state index in [4.69, 9.17) is 5.11 Å². The molecule has 3 N–H and O–H groups in total. The number of carboxylic acids is 1. The van der Waals surface area contributed by atoms with Crippen molar-refractivity contribution in [3.05, 3.63) is 60.2 Å².